The number of nitrogens with zero attached hydrogens (tertiary/aromatic N) is 1. The van der Waals surface area contributed by atoms with Crippen molar-refractivity contribution in [2.45, 2.75) is 19.5 Å². The summed E-state index contributed by atoms with van der Waals surface area (Å²) in [6.07, 6.45) is -10.7. The number of alkyl halides is 6. The topological polar surface area (TPSA) is 3.24 Å². The van der Waals surface area contributed by atoms with Crippen molar-refractivity contribution in [3.63, 3.8) is 0 Å². The fraction of sp³-hybridized carbons (Fsp3) is 1.00. The molecule has 0 unspecified atom stereocenters. The van der Waals surface area contributed by atoms with Gasteiger partial charge in [0, 0.05) is 6.54 Å². The molecule has 0 spiro atoms. The van der Waals surface area contributed by atoms with Crippen molar-refractivity contribution in [3.8, 4) is 0 Å². The lowest BCUT2D eigenvalue weighted by atomic mass is 10.6. The summed E-state index contributed by atoms with van der Waals surface area (Å²) in [5.74, 6) is 0. The van der Waals surface area contributed by atoms with Gasteiger partial charge in [-0.25, -0.2) is 0 Å². The normalized spacial score (nSPS) is 14.2. The van der Waals surface area contributed by atoms with Gasteiger partial charge in [-0.2, -0.15) is 26.3 Å². The summed E-state index contributed by atoms with van der Waals surface area (Å²) in [6, 6.07) is 0. The Hall–Kier alpha value is -0.460. The van der Waals surface area contributed by atoms with Crippen LogP contribution < -0.4 is 0 Å². The smallest absolute Gasteiger partial charge is 0.155 e. The summed E-state index contributed by atoms with van der Waals surface area (Å²) >= 11 is 0. The fourth-order valence-corrected chi connectivity index (χ4v) is 0.502. The van der Waals surface area contributed by atoms with E-state index in [1.54, 1.807) is 0 Å². The van der Waals surface area contributed by atoms with Crippen molar-refractivity contribution in [2.75, 3.05) is 6.54 Å². The van der Waals surface area contributed by atoms with E-state index in [0.717, 1.165) is 6.92 Å². The second kappa shape index (κ2) is 2.88. The van der Waals surface area contributed by atoms with Crippen molar-refractivity contribution in [1.29, 1.82) is 0 Å². The Morgan fingerprint density at radius 1 is 0.909 bits per heavy atom. The van der Waals surface area contributed by atoms with Crippen LogP contribution in [0.3, 0.4) is 0 Å². The molecule has 0 rings (SSSR count). The Labute approximate surface area is 58.6 Å². The molecule has 0 aliphatic heterocycles. The second-order valence-electron chi connectivity index (χ2n) is 1.68. The minimum atomic E-state index is -5.34. The van der Waals surface area contributed by atoms with Crippen molar-refractivity contribution < 1.29 is 26.3 Å². The van der Waals surface area contributed by atoms with Gasteiger partial charge in [-0.3, -0.25) is 0 Å². The molecule has 0 N–H and O–H groups in total. The predicted octanol–water partition coefficient (Wildman–Crippen LogP) is 2.35. The van der Waals surface area contributed by atoms with Crippen LogP contribution in [0.5, 0.6) is 0 Å². The van der Waals surface area contributed by atoms with E-state index in [0.29, 0.717) is 0 Å². The molecule has 0 aromatic rings. The molecular formula is C4H5F6N. The summed E-state index contributed by atoms with van der Waals surface area (Å²) in [5.41, 5.74) is 0. The molecular weight excluding hydrogens is 176 g/mol. The van der Waals surface area contributed by atoms with Gasteiger partial charge in [0.1, 0.15) is 0 Å². The van der Waals surface area contributed by atoms with Crippen LogP contribution in [-0.2, 0) is 0 Å². The van der Waals surface area contributed by atoms with Crippen molar-refractivity contribution >= 4 is 0 Å². The lowest BCUT2D eigenvalue weighted by Gasteiger charge is -2.24. The van der Waals surface area contributed by atoms with Gasteiger partial charge >= 0.3 is 12.6 Å². The maximum absolute atomic E-state index is 11.4. The molecule has 0 heterocycles. The standard InChI is InChI=1S/C4H5F6N/c1-2-11(3(5,6)7)4(8,9)10/h2H2,1H3. The first kappa shape index (κ1) is 10.5. The molecule has 11 heavy (non-hydrogen) atoms. The van der Waals surface area contributed by atoms with Gasteiger partial charge in [-0.05, 0) is 0 Å². The zero-order chi connectivity index (χ0) is 9.28. The van der Waals surface area contributed by atoms with E-state index in [2.05, 4.69) is 0 Å². The summed E-state index contributed by atoms with van der Waals surface area (Å²) in [6.45, 7) is -0.353. The molecule has 1 nitrogen and oxygen atoms in total. The van der Waals surface area contributed by atoms with Crippen LogP contribution in [0.2, 0.25) is 0 Å². The minimum absolute atomic E-state index is 0.779. The number of hydrogen-bond donors (Lipinski definition) is 0. The van der Waals surface area contributed by atoms with E-state index >= 15 is 0 Å². The lowest BCUT2D eigenvalue weighted by Crippen LogP contribution is -2.47. The quantitative estimate of drug-likeness (QED) is 0.443. The predicted molar refractivity (Wildman–Crippen MR) is 24.5 cm³/mol. The van der Waals surface area contributed by atoms with Gasteiger partial charge in [-0.1, -0.05) is 6.92 Å². The zero-order valence-corrected chi connectivity index (χ0v) is 5.42. The Morgan fingerprint density at radius 3 is 1.18 bits per heavy atom. The van der Waals surface area contributed by atoms with Crippen LogP contribution in [-0.4, -0.2) is 24.0 Å². The number of halogens is 6. The zero-order valence-electron chi connectivity index (χ0n) is 5.42. The summed E-state index contributed by atoms with van der Waals surface area (Å²) < 4.78 is 68.5. The van der Waals surface area contributed by atoms with Crippen LogP contribution >= 0.6 is 0 Å². The first-order chi connectivity index (χ1) is 4.69. The van der Waals surface area contributed by atoms with Gasteiger partial charge < -0.3 is 0 Å². The third kappa shape index (κ3) is 2.96. The average Bonchev–Trinajstić information content (AvgIpc) is 1.56. The Balaban J connectivity index is 4.43. The van der Waals surface area contributed by atoms with Crippen LogP contribution in [0.4, 0.5) is 26.3 Å². The second-order valence-corrected chi connectivity index (χ2v) is 1.68. The lowest BCUT2D eigenvalue weighted by molar-refractivity contribution is -0.371. The highest BCUT2D eigenvalue weighted by molar-refractivity contribution is 4.59. The SMILES string of the molecule is CCN(C(F)(F)F)C(F)(F)F. The van der Waals surface area contributed by atoms with E-state index in [1.165, 1.54) is 0 Å². The van der Waals surface area contributed by atoms with Crippen molar-refractivity contribution in [2.24, 2.45) is 0 Å². The first-order valence-electron chi connectivity index (χ1n) is 2.60. The van der Waals surface area contributed by atoms with Crippen molar-refractivity contribution in [1.82, 2.24) is 4.90 Å². The molecule has 0 aliphatic carbocycles. The summed E-state index contributed by atoms with van der Waals surface area (Å²) in [7, 11) is 0. The van der Waals surface area contributed by atoms with Gasteiger partial charge in [0.2, 0.25) is 0 Å². The molecule has 0 saturated heterocycles. The largest absolute Gasteiger partial charge is 0.466 e. The van der Waals surface area contributed by atoms with Crippen molar-refractivity contribution in [3.05, 3.63) is 0 Å². The molecule has 0 aromatic heterocycles. The maximum atomic E-state index is 11.4. The molecule has 0 aliphatic rings. The average molecular weight is 181 g/mol. The van der Waals surface area contributed by atoms with Gasteiger partial charge in [0.25, 0.3) is 0 Å². The Kier molecular flexibility index (Phi) is 2.76. The van der Waals surface area contributed by atoms with Gasteiger partial charge in [0.05, 0.1) is 0 Å². The highest BCUT2D eigenvalue weighted by Crippen LogP contribution is 2.32. The summed E-state index contributed by atoms with van der Waals surface area (Å²) in [5, 5.41) is 0. The Bertz CT molecular complexity index is 110. The first-order valence-corrected chi connectivity index (χ1v) is 2.60. The van der Waals surface area contributed by atoms with Crippen LogP contribution in [0, 0.1) is 0 Å². The van der Waals surface area contributed by atoms with E-state index in [9.17, 15) is 26.3 Å². The maximum Gasteiger partial charge on any atom is 0.466 e. The Morgan fingerprint density at radius 2 is 1.18 bits per heavy atom. The highest BCUT2D eigenvalue weighted by Gasteiger charge is 2.52. The van der Waals surface area contributed by atoms with Crippen LogP contribution in [0.15, 0.2) is 0 Å². The molecule has 0 bridgehead atoms. The van der Waals surface area contributed by atoms with Gasteiger partial charge in [0.15, 0.2) is 0 Å². The molecule has 7 heteroatoms. The summed E-state index contributed by atoms with van der Waals surface area (Å²) in [4.78, 5) is -1.50. The fourth-order valence-electron chi connectivity index (χ4n) is 0.502. The third-order valence-electron chi connectivity index (χ3n) is 0.928. The third-order valence-corrected chi connectivity index (χ3v) is 0.928. The van der Waals surface area contributed by atoms with E-state index in [4.69, 9.17) is 0 Å². The molecule has 0 aromatic carbocycles. The molecule has 68 valence electrons. The van der Waals surface area contributed by atoms with E-state index < -0.39 is 24.0 Å². The molecule has 0 saturated carbocycles. The molecule has 0 radical (unpaired) electrons. The van der Waals surface area contributed by atoms with Crippen LogP contribution in [0.1, 0.15) is 6.92 Å². The number of rotatable bonds is 1. The number of hydrogen-bond acceptors (Lipinski definition) is 1. The molecule has 0 atom stereocenters. The minimum Gasteiger partial charge on any atom is -0.155 e. The van der Waals surface area contributed by atoms with E-state index in [-0.39, 0.29) is 0 Å². The molecule has 0 amide bonds. The molecule has 0 fully saturated rings. The van der Waals surface area contributed by atoms with E-state index in [1.807, 2.05) is 0 Å². The monoisotopic (exact) mass is 181 g/mol. The van der Waals surface area contributed by atoms with Gasteiger partial charge in [-0.15, -0.1) is 4.90 Å². The highest BCUT2D eigenvalue weighted by atomic mass is 19.4. The van der Waals surface area contributed by atoms with Crippen LogP contribution in [0.25, 0.3) is 0 Å².